The quantitative estimate of drug-likeness (QED) is 0.180. The molecular weight excluding hydrogens is 584 g/mol. The molecule has 8 heteroatoms. The number of nitrogens with zero attached hydrogens (tertiary/aromatic N) is 1. The van der Waals surface area contributed by atoms with Crippen LogP contribution in [-0.4, -0.2) is 38.2 Å². The summed E-state index contributed by atoms with van der Waals surface area (Å²) in [6.07, 6.45) is 3.88. The van der Waals surface area contributed by atoms with Crippen molar-refractivity contribution in [3.8, 4) is 34.3 Å². The topological polar surface area (TPSA) is 78.9 Å². The van der Waals surface area contributed by atoms with E-state index in [0.29, 0.717) is 17.3 Å². The number of fused-ring (bicyclic) bond motifs is 1. The lowest BCUT2D eigenvalue weighted by atomic mass is 9.94. The standard InChI is InChI=1S/C37H34N2O5S/c1-41-27-10-16-30(17-11-27)45(3,31-18-12-28(42-2)13-19-31)29-14-7-25(8-15-29)32-5-4-6-35(38-32)39-36(40)37(21-22-37)26-9-20-33-34(23-26)44-24-43-33/h4-20,23H,21-22,24H2,1-3H3,(H,38,39,40). The fourth-order valence-corrected chi connectivity index (χ4v) is 8.73. The number of pyridine rings is 1. The highest BCUT2D eigenvalue weighted by atomic mass is 32.3. The smallest absolute Gasteiger partial charge is 0.236 e. The average molecular weight is 619 g/mol. The van der Waals surface area contributed by atoms with E-state index in [4.69, 9.17) is 23.9 Å². The number of rotatable bonds is 9. The van der Waals surface area contributed by atoms with Crippen molar-refractivity contribution in [3.05, 3.63) is 115 Å². The van der Waals surface area contributed by atoms with Gasteiger partial charge in [-0.05, 0) is 124 Å². The van der Waals surface area contributed by atoms with Crippen LogP contribution in [0.1, 0.15) is 18.4 Å². The molecule has 228 valence electrons. The molecule has 2 aliphatic rings. The highest BCUT2D eigenvalue weighted by Gasteiger charge is 2.51. The number of benzene rings is 4. The molecule has 1 aromatic heterocycles. The minimum atomic E-state index is -1.59. The van der Waals surface area contributed by atoms with Crippen molar-refractivity contribution >= 4 is 21.8 Å². The monoisotopic (exact) mass is 618 g/mol. The van der Waals surface area contributed by atoms with Crippen molar-refractivity contribution in [3.63, 3.8) is 0 Å². The van der Waals surface area contributed by atoms with Crippen molar-refractivity contribution < 1.29 is 23.7 Å². The zero-order valence-corrected chi connectivity index (χ0v) is 26.2. The van der Waals surface area contributed by atoms with Gasteiger partial charge in [0.1, 0.15) is 17.3 Å². The maximum atomic E-state index is 13.5. The van der Waals surface area contributed by atoms with E-state index in [-0.39, 0.29) is 12.7 Å². The minimum Gasteiger partial charge on any atom is -0.497 e. The van der Waals surface area contributed by atoms with Crippen molar-refractivity contribution in [2.24, 2.45) is 0 Å². The van der Waals surface area contributed by atoms with Crippen LogP contribution in [0.25, 0.3) is 11.3 Å². The Kier molecular flexibility index (Phi) is 7.37. The Morgan fingerprint density at radius 2 is 1.33 bits per heavy atom. The lowest BCUT2D eigenvalue weighted by Gasteiger charge is -2.37. The summed E-state index contributed by atoms with van der Waals surface area (Å²) in [4.78, 5) is 22.0. The highest BCUT2D eigenvalue weighted by Crippen LogP contribution is 2.66. The fraction of sp³-hybridized carbons (Fsp3) is 0.189. The first-order chi connectivity index (χ1) is 21.9. The molecule has 0 saturated heterocycles. The van der Waals surface area contributed by atoms with Crippen LogP contribution in [0.5, 0.6) is 23.0 Å². The maximum Gasteiger partial charge on any atom is 0.236 e. The van der Waals surface area contributed by atoms with Gasteiger partial charge in [-0.15, -0.1) is 0 Å². The molecule has 5 aromatic rings. The van der Waals surface area contributed by atoms with Crippen LogP contribution in [0.4, 0.5) is 5.82 Å². The Morgan fingerprint density at radius 1 is 0.756 bits per heavy atom. The van der Waals surface area contributed by atoms with Gasteiger partial charge in [-0.3, -0.25) is 4.79 Å². The normalized spacial score (nSPS) is 14.8. The second-order valence-corrected chi connectivity index (χ2v) is 14.6. The number of anilines is 1. The van der Waals surface area contributed by atoms with E-state index in [1.807, 2.05) is 60.7 Å². The summed E-state index contributed by atoms with van der Waals surface area (Å²) in [5.74, 6) is 3.52. The summed E-state index contributed by atoms with van der Waals surface area (Å²) in [5.41, 5.74) is 2.13. The number of nitrogens with one attached hydrogen (secondary N) is 1. The minimum absolute atomic E-state index is 0.0558. The zero-order chi connectivity index (χ0) is 31.0. The molecule has 45 heavy (non-hydrogen) atoms. The van der Waals surface area contributed by atoms with Gasteiger partial charge in [0.15, 0.2) is 11.5 Å². The Morgan fingerprint density at radius 3 is 1.91 bits per heavy atom. The first kappa shape index (κ1) is 28.8. The Hall–Kier alpha value is -4.95. The molecule has 1 amide bonds. The van der Waals surface area contributed by atoms with Crippen LogP contribution >= 0.6 is 10.0 Å². The molecule has 1 fully saturated rings. The molecule has 0 bridgehead atoms. The number of carbonyl (C=O) groups is 1. The van der Waals surface area contributed by atoms with Crippen LogP contribution in [0.2, 0.25) is 0 Å². The average Bonchev–Trinajstić information content (AvgIpc) is 3.78. The predicted molar refractivity (Wildman–Crippen MR) is 176 cm³/mol. The van der Waals surface area contributed by atoms with Gasteiger partial charge >= 0.3 is 0 Å². The van der Waals surface area contributed by atoms with E-state index in [0.717, 1.165) is 41.2 Å². The number of carbonyl (C=O) groups excluding carboxylic acids is 1. The van der Waals surface area contributed by atoms with Gasteiger partial charge in [0.25, 0.3) is 0 Å². The molecule has 7 rings (SSSR count). The van der Waals surface area contributed by atoms with Crippen molar-refractivity contribution in [1.29, 1.82) is 0 Å². The molecule has 1 aliphatic carbocycles. The SMILES string of the molecule is COc1ccc(S(C)(c2ccc(OC)cc2)c2ccc(-c3cccc(NC(=O)C4(c5ccc6c(c5)OCO6)CC4)n3)cc2)cc1. The molecule has 1 saturated carbocycles. The largest absolute Gasteiger partial charge is 0.497 e. The first-order valence-corrected chi connectivity index (χ1v) is 16.8. The van der Waals surface area contributed by atoms with E-state index in [1.165, 1.54) is 14.7 Å². The van der Waals surface area contributed by atoms with Crippen LogP contribution in [0.3, 0.4) is 0 Å². The summed E-state index contributed by atoms with van der Waals surface area (Å²) >= 11 is 0. The van der Waals surface area contributed by atoms with Gasteiger partial charge in [0, 0.05) is 5.56 Å². The van der Waals surface area contributed by atoms with Crippen molar-refractivity contribution in [1.82, 2.24) is 4.98 Å². The molecule has 7 nitrogen and oxygen atoms in total. The highest BCUT2D eigenvalue weighted by molar-refractivity contribution is 8.33. The molecule has 4 aromatic carbocycles. The third-order valence-electron chi connectivity index (χ3n) is 8.78. The molecule has 1 aliphatic heterocycles. The first-order valence-electron chi connectivity index (χ1n) is 14.8. The summed E-state index contributed by atoms with van der Waals surface area (Å²) in [5, 5.41) is 3.08. The third-order valence-corrected chi connectivity index (χ3v) is 12.4. The number of ether oxygens (including phenoxy) is 4. The number of methoxy groups -OCH3 is 2. The molecular formula is C37H34N2O5S. The Balaban J connectivity index is 1.15. The molecule has 0 atom stereocenters. The Bertz CT molecular complexity index is 1800. The molecule has 0 radical (unpaired) electrons. The number of hydrogen-bond donors (Lipinski definition) is 1. The van der Waals surface area contributed by atoms with E-state index in [1.54, 1.807) is 14.2 Å². The molecule has 0 spiro atoms. The number of aromatic nitrogens is 1. The van der Waals surface area contributed by atoms with Crippen molar-refractivity contribution in [2.75, 3.05) is 32.6 Å². The van der Waals surface area contributed by atoms with Crippen LogP contribution in [-0.2, 0) is 10.2 Å². The lowest BCUT2D eigenvalue weighted by molar-refractivity contribution is -0.118. The molecule has 1 N–H and O–H groups in total. The van der Waals surface area contributed by atoms with Gasteiger partial charge in [-0.1, -0.05) is 24.3 Å². The number of hydrogen-bond acceptors (Lipinski definition) is 6. The van der Waals surface area contributed by atoms with Gasteiger partial charge in [0.05, 0.1) is 25.3 Å². The summed E-state index contributed by atoms with van der Waals surface area (Å²) in [6, 6.07) is 36.7. The molecule has 2 heterocycles. The van der Waals surface area contributed by atoms with E-state index < -0.39 is 15.4 Å². The maximum absolute atomic E-state index is 13.5. The van der Waals surface area contributed by atoms with Crippen LogP contribution in [0.15, 0.2) is 124 Å². The van der Waals surface area contributed by atoms with E-state index in [2.05, 4.69) is 60.1 Å². The van der Waals surface area contributed by atoms with Crippen LogP contribution < -0.4 is 24.3 Å². The van der Waals surface area contributed by atoms with Gasteiger partial charge in [-0.25, -0.2) is 4.98 Å². The zero-order valence-electron chi connectivity index (χ0n) is 25.4. The fourth-order valence-electron chi connectivity index (χ4n) is 5.87. The molecule has 0 unspecified atom stereocenters. The Labute approximate surface area is 264 Å². The summed E-state index contributed by atoms with van der Waals surface area (Å²) < 4.78 is 21.9. The second kappa shape index (κ2) is 11.5. The number of amides is 1. The third kappa shape index (κ3) is 5.25. The van der Waals surface area contributed by atoms with Gasteiger partial charge < -0.3 is 24.3 Å². The summed E-state index contributed by atoms with van der Waals surface area (Å²) in [7, 11) is 1.77. The van der Waals surface area contributed by atoms with Gasteiger partial charge in [-0.2, -0.15) is 10.0 Å². The predicted octanol–water partition coefficient (Wildman–Crippen LogP) is 8.08. The lowest BCUT2D eigenvalue weighted by Crippen LogP contribution is -2.28. The van der Waals surface area contributed by atoms with E-state index >= 15 is 0 Å². The van der Waals surface area contributed by atoms with Crippen molar-refractivity contribution in [2.45, 2.75) is 32.9 Å². The second-order valence-electron chi connectivity index (χ2n) is 11.3. The van der Waals surface area contributed by atoms with Crippen LogP contribution in [0, 0.1) is 0 Å². The summed E-state index contributed by atoms with van der Waals surface area (Å²) in [6.45, 7) is 0.208. The van der Waals surface area contributed by atoms with Gasteiger partial charge in [0.2, 0.25) is 12.7 Å². The van der Waals surface area contributed by atoms with E-state index in [9.17, 15) is 4.79 Å².